The first-order chi connectivity index (χ1) is 12.7. The van der Waals surface area contributed by atoms with Gasteiger partial charge in [0.2, 0.25) is 0 Å². The van der Waals surface area contributed by atoms with Gasteiger partial charge in [0.15, 0.2) is 0 Å². The molecule has 0 atom stereocenters. The van der Waals surface area contributed by atoms with Gasteiger partial charge in [-0.2, -0.15) is 0 Å². The van der Waals surface area contributed by atoms with Crippen LogP contribution in [0.3, 0.4) is 0 Å². The van der Waals surface area contributed by atoms with Crippen molar-refractivity contribution < 1.29 is 14.7 Å². The Morgan fingerprint density at radius 2 is 1.58 bits per heavy atom. The van der Waals surface area contributed by atoms with Gasteiger partial charge in [-0.25, -0.2) is 5.48 Å². The lowest BCUT2D eigenvalue weighted by molar-refractivity contribution is 0.0706. The molecule has 130 valence electrons. The molecule has 0 aromatic heterocycles. The molecule has 1 amide bonds. The first-order valence-corrected chi connectivity index (χ1v) is 8.24. The van der Waals surface area contributed by atoms with Crippen LogP contribution in [0.4, 0.5) is 0 Å². The van der Waals surface area contributed by atoms with Crippen molar-refractivity contribution in [2.45, 2.75) is 6.61 Å². The van der Waals surface area contributed by atoms with Crippen molar-refractivity contribution in [1.29, 1.82) is 0 Å². The van der Waals surface area contributed by atoms with E-state index in [1.165, 1.54) is 0 Å². The van der Waals surface area contributed by atoms with Crippen molar-refractivity contribution in [3.8, 4) is 5.75 Å². The lowest BCUT2D eigenvalue weighted by Crippen LogP contribution is -2.18. The van der Waals surface area contributed by atoms with Gasteiger partial charge in [-0.1, -0.05) is 72.8 Å². The lowest BCUT2D eigenvalue weighted by atomic mass is 10.1. The number of hydrogen-bond acceptors (Lipinski definition) is 3. The average molecular weight is 345 g/mol. The summed E-state index contributed by atoms with van der Waals surface area (Å²) in [5.41, 5.74) is 5.25. The van der Waals surface area contributed by atoms with Gasteiger partial charge >= 0.3 is 0 Å². The van der Waals surface area contributed by atoms with Crippen LogP contribution >= 0.6 is 0 Å². The minimum absolute atomic E-state index is 0.339. The second-order valence-corrected chi connectivity index (χ2v) is 5.74. The topological polar surface area (TPSA) is 58.6 Å². The summed E-state index contributed by atoms with van der Waals surface area (Å²) < 4.78 is 5.72. The zero-order valence-electron chi connectivity index (χ0n) is 14.1. The van der Waals surface area contributed by atoms with Crippen LogP contribution in [0.2, 0.25) is 0 Å². The summed E-state index contributed by atoms with van der Waals surface area (Å²) in [5.74, 6) is 0.00385. The minimum Gasteiger partial charge on any atom is -0.489 e. The fourth-order valence-electron chi connectivity index (χ4n) is 2.44. The summed E-state index contributed by atoms with van der Waals surface area (Å²) in [6.07, 6.45) is 4.14. The monoisotopic (exact) mass is 345 g/mol. The van der Waals surface area contributed by atoms with Crippen molar-refractivity contribution in [2.75, 3.05) is 0 Å². The summed E-state index contributed by atoms with van der Waals surface area (Å²) in [5, 5.41) is 8.68. The van der Waals surface area contributed by atoms with Crippen LogP contribution in [0, 0.1) is 0 Å². The van der Waals surface area contributed by atoms with E-state index in [0.717, 1.165) is 16.7 Å². The number of amides is 1. The SMILES string of the molecule is O=C(NO)c1cccc(OCc2ccc(/C=C/c3ccccc3)cc2)c1. The molecule has 0 spiro atoms. The van der Waals surface area contributed by atoms with Gasteiger partial charge in [0, 0.05) is 5.56 Å². The summed E-state index contributed by atoms with van der Waals surface area (Å²) in [6, 6.07) is 24.9. The Kier molecular flexibility index (Phi) is 5.80. The van der Waals surface area contributed by atoms with E-state index in [1.54, 1.807) is 29.7 Å². The number of carbonyl (C=O) groups is 1. The predicted octanol–water partition coefficient (Wildman–Crippen LogP) is 4.56. The largest absolute Gasteiger partial charge is 0.489 e. The Morgan fingerprint density at radius 3 is 2.27 bits per heavy atom. The summed E-state index contributed by atoms with van der Waals surface area (Å²) in [6.45, 7) is 0.396. The highest BCUT2D eigenvalue weighted by Gasteiger charge is 2.05. The lowest BCUT2D eigenvalue weighted by Gasteiger charge is -2.08. The average Bonchev–Trinajstić information content (AvgIpc) is 2.72. The van der Waals surface area contributed by atoms with Gasteiger partial charge in [-0.3, -0.25) is 10.0 Å². The molecule has 26 heavy (non-hydrogen) atoms. The third-order valence-electron chi connectivity index (χ3n) is 3.85. The molecule has 0 aliphatic rings. The smallest absolute Gasteiger partial charge is 0.274 e. The van der Waals surface area contributed by atoms with E-state index in [4.69, 9.17) is 9.94 Å². The number of carbonyl (C=O) groups excluding carboxylic acids is 1. The summed E-state index contributed by atoms with van der Waals surface area (Å²) in [7, 11) is 0. The van der Waals surface area contributed by atoms with Gasteiger partial charge in [0.1, 0.15) is 12.4 Å². The van der Waals surface area contributed by atoms with E-state index in [-0.39, 0.29) is 0 Å². The molecule has 0 aliphatic carbocycles. The van der Waals surface area contributed by atoms with Crippen LogP contribution in [-0.2, 0) is 6.61 Å². The van der Waals surface area contributed by atoms with E-state index >= 15 is 0 Å². The minimum atomic E-state index is -0.565. The molecule has 0 fully saturated rings. The molecule has 3 aromatic rings. The van der Waals surface area contributed by atoms with Crippen molar-refractivity contribution in [2.24, 2.45) is 0 Å². The molecular weight excluding hydrogens is 326 g/mol. The van der Waals surface area contributed by atoms with Crippen LogP contribution in [0.25, 0.3) is 12.2 Å². The predicted molar refractivity (Wildman–Crippen MR) is 102 cm³/mol. The van der Waals surface area contributed by atoms with E-state index < -0.39 is 5.91 Å². The Labute approximate surface area is 152 Å². The van der Waals surface area contributed by atoms with E-state index in [0.29, 0.717) is 17.9 Å². The summed E-state index contributed by atoms with van der Waals surface area (Å²) in [4.78, 5) is 11.4. The summed E-state index contributed by atoms with van der Waals surface area (Å²) >= 11 is 0. The van der Waals surface area contributed by atoms with Crippen molar-refractivity contribution >= 4 is 18.1 Å². The molecule has 0 saturated carbocycles. The normalized spacial score (nSPS) is 10.7. The number of nitrogens with one attached hydrogen (secondary N) is 1. The van der Waals surface area contributed by atoms with Gasteiger partial charge < -0.3 is 4.74 Å². The molecule has 0 radical (unpaired) electrons. The molecule has 0 heterocycles. The molecule has 4 heteroatoms. The molecule has 0 unspecified atom stereocenters. The Bertz CT molecular complexity index is 887. The maximum atomic E-state index is 11.4. The van der Waals surface area contributed by atoms with Crippen LogP contribution in [0.1, 0.15) is 27.0 Å². The Morgan fingerprint density at radius 1 is 0.885 bits per heavy atom. The first kappa shape index (κ1) is 17.5. The molecule has 3 rings (SSSR count). The van der Waals surface area contributed by atoms with Crippen LogP contribution in [-0.4, -0.2) is 11.1 Å². The van der Waals surface area contributed by atoms with Crippen molar-refractivity contribution in [3.63, 3.8) is 0 Å². The number of benzene rings is 3. The van der Waals surface area contributed by atoms with Crippen molar-refractivity contribution in [1.82, 2.24) is 5.48 Å². The molecule has 3 aromatic carbocycles. The fraction of sp³-hybridized carbons (Fsp3) is 0.0455. The van der Waals surface area contributed by atoms with Gasteiger partial charge in [0.05, 0.1) is 0 Å². The molecule has 0 saturated heterocycles. The van der Waals surface area contributed by atoms with Gasteiger partial charge in [-0.15, -0.1) is 0 Å². The van der Waals surface area contributed by atoms with E-state index in [9.17, 15) is 4.79 Å². The van der Waals surface area contributed by atoms with E-state index in [2.05, 4.69) is 24.3 Å². The highest BCUT2D eigenvalue weighted by atomic mass is 16.5. The zero-order chi connectivity index (χ0) is 18.2. The Balaban J connectivity index is 1.59. The highest BCUT2D eigenvalue weighted by molar-refractivity contribution is 5.93. The first-order valence-electron chi connectivity index (χ1n) is 8.24. The quantitative estimate of drug-likeness (QED) is 0.391. The number of hydrogen-bond donors (Lipinski definition) is 2. The second kappa shape index (κ2) is 8.65. The molecule has 0 bridgehead atoms. The molecule has 0 aliphatic heterocycles. The van der Waals surface area contributed by atoms with E-state index in [1.807, 2.05) is 42.5 Å². The van der Waals surface area contributed by atoms with Gasteiger partial charge in [0.25, 0.3) is 5.91 Å². The third kappa shape index (κ3) is 4.82. The zero-order valence-corrected chi connectivity index (χ0v) is 14.1. The Hall–Kier alpha value is -3.37. The van der Waals surface area contributed by atoms with Crippen LogP contribution in [0.5, 0.6) is 5.75 Å². The molecule has 4 nitrogen and oxygen atoms in total. The third-order valence-corrected chi connectivity index (χ3v) is 3.85. The van der Waals surface area contributed by atoms with Crippen LogP contribution in [0.15, 0.2) is 78.9 Å². The second-order valence-electron chi connectivity index (χ2n) is 5.74. The molecular formula is C22H19NO3. The fourth-order valence-corrected chi connectivity index (χ4v) is 2.44. The number of ether oxygens (including phenoxy) is 1. The number of rotatable bonds is 6. The van der Waals surface area contributed by atoms with Crippen molar-refractivity contribution in [3.05, 3.63) is 101 Å². The highest BCUT2D eigenvalue weighted by Crippen LogP contribution is 2.16. The molecule has 2 N–H and O–H groups in total. The number of hydroxylamine groups is 1. The maximum Gasteiger partial charge on any atom is 0.274 e. The van der Waals surface area contributed by atoms with Crippen LogP contribution < -0.4 is 10.2 Å². The van der Waals surface area contributed by atoms with Gasteiger partial charge in [-0.05, 0) is 34.9 Å². The standard InChI is InChI=1S/C22H19NO3/c24-22(23-25)20-7-4-8-21(15-20)26-16-19-13-11-18(12-14-19)10-9-17-5-2-1-3-6-17/h1-15,25H,16H2,(H,23,24)/b10-9+. The maximum absolute atomic E-state index is 11.4.